The van der Waals surface area contributed by atoms with Gasteiger partial charge in [0.25, 0.3) is 5.92 Å². The topological polar surface area (TPSA) is 92.3 Å². The number of ether oxygens (including phenoxy) is 1. The monoisotopic (exact) mass is 520 g/mol. The third kappa shape index (κ3) is 4.41. The van der Waals surface area contributed by atoms with Crippen LogP contribution in [0.25, 0.3) is 0 Å². The Bertz CT molecular complexity index is 1350. The van der Waals surface area contributed by atoms with Crippen LogP contribution in [0.15, 0.2) is 42.6 Å². The van der Waals surface area contributed by atoms with E-state index in [2.05, 4.69) is 25.6 Å². The fraction of sp³-hybridized carbons (Fsp3) is 0.348. The molecule has 1 aliphatic carbocycles. The van der Waals surface area contributed by atoms with Gasteiger partial charge in [-0.2, -0.15) is 9.97 Å². The third-order valence-electron chi connectivity index (χ3n) is 6.29. The molecule has 3 aromatic rings. The summed E-state index contributed by atoms with van der Waals surface area (Å²) >= 11 is 6.32. The predicted molar refractivity (Wildman–Crippen MR) is 134 cm³/mol. The minimum atomic E-state index is -2.57. The van der Waals surface area contributed by atoms with Crippen LogP contribution in [0.3, 0.4) is 0 Å². The van der Waals surface area contributed by atoms with Gasteiger partial charge in [0.1, 0.15) is 23.7 Å². The number of nitrogens with one attached hydrogen (secondary N) is 2. The number of para-hydroxylation sites is 1. The highest BCUT2D eigenvalue weighted by atomic mass is 35.5. The van der Waals surface area contributed by atoms with E-state index in [4.69, 9.17) is 16.3 Å². The Morgan fingerprint density at radius 3 is 2.46 bits per heavy atom. The van der Waals surface area contributed by atoms with E-state index in [1.807, 2.05) is 23.1 Å². The Balaban J connectivity index is 1.35. The number of hydrogen-bond donors (Lipinski definition) is 2. The molecule has 1 saturated heterocycles. The molecule has 5 rings (SSSR count). The minimum Gasteiger partial charge on any atom is -0.479 e. The lowest BCUT2D eigenvalue weighted by Crippen LogP contribution is -2.51. The van der Waals surface area contributed by atoms with Crippen molar-refractivity contribution in [2.75, 3.05) is 49.1 Å². The van der Waals surface area contributed by atoms with Crippen LogP contribution in [-0.4, -0.2) is 54.4 Å². The first-order chi connectivity index (χ1) is 16.5. The van der Waals surface area contributed by atoms with Crippen LogP contribution in [0.2, 0.25) is 5.02 Å². The first-order valence-corrected chi connectivity index (χ1v) is 13.9. The average Bonchev–Trinajstić information content (AvgIpc) is 3.37. The lowest BCUT2D eigenvalue weighted by Gasteiger charge is -2.40. The molecule has 0 amide bonds. The van der Waals surface area contributed by atoms with Gasteiger partial charge in [0.15, 0.2) is 5.82 Å². The molecular formula is C23H24ClF2N6O2P. The normalized spacial score (nSPS) is 17.6. The number of pyridine rings is 1. The van der Waals surface area contributed by atoms with Crippen molar-refractivity contribution < 1.29 is 18.1 Å². The van der Waals surface area contributed by atoms with Gasteiger partial charge in [-0.25, -0.2) is 13.8 Å². The van der Waals surface area contributed by atoms with Crippen LogP contribution in [0.1, 0.15) is 6.42 Å². The predicted octanol–water partition coefficient (Wildman–Crippen LogP) is 5.11. The van der Waals surface area contributed by atoms with E-state index >= 15 is 0 Å². The van der Waals surface area contributed by atoms with Crippen LogP contribution < -0.4 is 25.6 Å². The highest BCUT2D eigenvalue weighted by molar-refractivity contribution is 7.70. The lowest BCUT2D eigenvalue weighted by atomic mass is 9.96. The van der Waals surface area contributed by atoms with Crippen LogP contribution in [0.5, 0.6) is 5.88 Å². The molecule has 2 aliphatic rings. The van der Waals surface area contributed by atoms with Gasteiger partial charge in [0.05, 0.1) is 24.4 Å². The molecule has 35 heavy (non-hydrogen) atoms. The summed E-state index contributed by atoms with van der Waals surface area (Å²) in [6.07, 6.45) is 1.39. The zero-order chi connectivity index (χ0) is 25.0. The third-order valence-corrected chi connectivity index (χ3v) is 8.12. The summed E-state index contributed by atoms with van der Waals surface area (Å²) in [4.78, 5) is 15.0. The molecule has 1 spiro atoms. The van der Waals surface area contributed by atoms with Crippen molar-refractivity contribution in [2.24, 2.45) is 5.41 Å². The van der Waals surface area contributed by atoms with Gasteiger partial charge in [-0.15, -0.1) is 0 Å². The van der Waals surface area contributed by atoms with Crippen molar-refractivity contribution in [1.29, 1.82) is 0 Å². The largest absolute Gasteiger partial charge is 0.479 e. The molecule has 8 nitrogen and oxygen atoms in total. The molecule has 2 aromatic heterocycles. The molecule has 12 heteroatoms. The summed E-state index contributed by atoms with van der Waals surface area (Å²) in [5, 5.41) is 7.19. The van der Waals surface area contributed by atoms with Crippen LogP contribution in [-0.2, 0) is 4.57 Å². The maximum absolute atomic E-state index is 13.5. The number of alkyl halides is 2. The second kappa shape index (κ2) is 8.31. The highest BCUT2D eigenvalue weighted by Gasteiger charge is 2.76. The van der Waals surface area contributed by atoms with Crippen LogP contribution in [0.4, 0.5) is 37.7 Å². The summed E-state index contributed by atoms with van der Waals surface area (Å²) in [6.45, 7) is 3.95. The van der Waals surface area contributed by atoms with E-state index in [0.717, 1.165) is 0 Å². The minimum absolute atomic E-state index is 0.0594. The summed E-state index contributed by atoms with van der Waals surface area (Å²) in [7, 11) is -1.07. The summed E-state index contributed by atoms with van der Waals surface area (Å²) < 4.78 is 45.2. The average molecular weight is 521 g/mol. The van der Waals surface area contributed by atoms with Crippen molar-refractivity contribution >= 4 is 53.0 Å². The Labute approximate surface area is 206 Å². The van der Waals surface area contributed by atoms with Gasteiger partial charge in [-0.1, -0.05) is 23.7 Å². The molecule has 2 fully saturated rings. The van der Waals surface area contributed by atoms with E-state index in [0.29, 0.717) is 28.3 Å². The molecule has 0 unspecified atom stereocenters. The van der Waals surface area contributed by atoms with Gasteiger partial charge in [-0.3, -0.25) is 0 Å². The molecular weight excluding hydrogens is 497 g/mol. The maximum Gasteiger partial charge on any atom is 0.258 e. The Kier molecular flexibility index (Phi) is 5.64. The van der Waals surface area contributed by atoms with E-state index in [-0.39, 0.29) is 36.4 Å². The van der Waals surface area contributed by atoms with Gasteiger partial charge < -0.3 is 24.8 Å². The molecule has 0 bridgehead atoms. The number of benzene rings is 1. The molecule has 0 radical (unpaired) electrons. The molecule has 184 valence electrons. The summed E-state index contributed by atoms with van der Waals surface area (Å²) in [5.74, 6) is -1.15. The first-order valence-electron chi connectivity index (χ1n) is 10.9. The fourth-order valence-electron chi connectivity index (χ4n) is 4.24. The van der Waals surface area contributed by atoms with E-state index in [1.165, 1.54) is 13.3 Å². The van der Waals surface area contributed by atoms with Crippen molar-refractivity contribution in [3.8, 4) is 5.88 Å². The van der Waals surface area contributed by atoms with Crippen LogP contribution in [0, 0.1) is 5.41 Å². The van der Waals surface area contributed by atoms with Crippen LogP contribution >= 0.6 is 18.7 Å². The fourth-order valence-corrected chi connectivity index (χ4v) is 5.53. The number of aromatic nitrogens is 3. The number of hydrogen-bond acceptors (Lipinski definition) is 8. The molecule has 0 atom stereocenters. The molecule has 1 aliphatic heterocycles. The quantitative estimate of drug-likeness (QED) is 0.415. The standard InChI is InChI=1S/C23H24ClF2N6O2P/c1-34-20-16(8-9-18(30-20)32-12-22(13-32)11-23(22,25)26)29-21-27-10-14(24)19(31-21)28-15-6-4-5-7-17(15)35(2,3)33/h4-10H,11-13H2,1-3H3,(H2,27,28,29,31). The SMILES string of the molecule is COc1nc(N2CC3(C2)CC3(F)F)ccc1Nc1ncc(Cl)c(Nc2ccccc2P(C)(C)=O)n1. The second-order valence-electron chi connectivity index (χ2n) is 9.25. The zero-order valence-corrected chi connectivity index (χ0v) is 21.0. The Morgan fingerprint density at radius 1 is 1.09 bits per heavy atom. The summed E-state index contributed by atoms with van der Waals surface area (Å²) in [5.41, 5.74) is 0.259. The zero-order valence-electron chi connectivity index (χ0n) is 19.3. The molecule has 1 saturated carbocycles. The second-order valence-corrected chi connectivity index (χ2v) is 12.8. The van der Waals surface area contributed by atoms with Gasteiger partial charge in [0.2, 0.25) is 11.8 Å². The highest BCUT2D eigenvalue weighted by Crippen LogP contribution is 2.65. The van der Waals surface area contributed by atoms with E-state index in [1.54, 1.807) is 31.5 Å². The number of methoxy groups -OCH3 is 1. The number of rotatable bonds is 7. The van der Waals surface area contributed by atoms with E-state index in [9.17, 15) is 13.3 Å². The van der Waals surface area contributed by atoms with Gasteiger partial charge in [-0.05, 0) is 37.6 Å². The van der Waals surface area contributed by atoms with E-state index < -0.39 is 18.5 Å². The Hall–Kier alpha value is -2.97. The van der Waals surface area contributed by atoms with Crippen molar-refractivity contribution in [3.63, 3.8) is 0 Å². The van der Waals surface area contributed by atoms with Crippen molar-refractivity contribution in [1.82, 2.24) is 15.0 Å². The number of nitrogens with zero attached hydrogens (tertiary/aromatic N) is 4. The van der Waals surface area contributed by atoms with Gasteiger partial charge >= 0.3 is 0 Å². The smallest absolute Gasteiger partial charge is 0.258 e. The number of anilines is 5. The molecule has 2 N–H and O–H groups in total. The maximum atomic E-state index is 13.5. The molecule has 3 heterocycles. The first kappa shape index (κ1) is 23.8. The Morgan fingerprint density at radius 2 is 1.80 bits per heavy atom. The summed E-state index contributed by atoms with van der Waals surface area (Å²) in [6, 6.07) is 10.8. The number of halogens is 3. The van der Waals surface area contributed by atoms with Crippen molar-refractivity contribution in [3.05, 3.63) is 47.6 Å². The lowest BCUT2D eigenvalue weighted by molar-refractivity contribution is 0.0518. The van der Waals surface area contributed by atoms with Gasteiger partial charge in [0, 0.05) is 24.8 Å². The van der Waals surface area contributed by atoms with Crippen molar-refractivity contribution in [2.45, 2.75) is 12.3 Å². The molecule has 1 aromatic carbocycles.